The largest absolute Gasteiger partial charge is 0.481 e. The Labute approximate surface area is 138 Å². The fourth-order valence-corrected chi connectivity index (χ4v) is 3.54. The number of hydrogen-bond donors (Lipinski definition) is 2. The van der Waals surface area contributed by atoms with Crippen molar-refractivity contribution >= 4 is 34.2 Å². The fraction of sp³-hybridized carbons (Fsp3) is 0.438. The van der Waals surface area contributed by atoms with Crippen LogP contribution in [0.4, 0.5) is 5.00 Å². The number of carbonyl (C=O) groups is 3. The van der Waals surface area contributed by atoms with Gasteiger partial charge in [0, 0.05) is 4.88 Å². The maximum absolute atomic E-state index is 12.5. The molecule has 1 aliphatic carbocycles. The zero-order valence-corrected chi connectivity index (χ0v) is 13.8. The van der Waals surface area contributed by atoms with Gasteiger partial charge in [0.05, 0.1) is 24.5 Å². The summed E-state index contributed by atoms with van der Waals surface area (Å²) >= 11 is 1.31. The molecule has 0 spiro atoms. The summed E-state index contributed by atoms with van der Waals surface area (Å²) in [5.41, 5.74) is 0.306. The van der Waals surface area contributed by atoms with Gasteiger partial charge in [-0.3, -0.25) is 9.59 Å². The van der Waals surface area contributed by atoms with Crippen molar-refractivity contribution in [2.24, 2.45) is 11.8 Å². The number of nitrogens with one attached hydrogen (secondary N) is 1. The summed E-state index contributed by atoms with van der Waals surface area (Å²) in [5.74, 6) is -3.27. The number of thiophene rings is 1. The van der Waals surface area contributed by atoms with Gasteiger partial charge in [0.15, 0.2) is 0 Å². The monoisotopic (exact) mass is 337 g/mol. The highest BCUT2D eigenvalue weighted by atomic mass is 32.1. The topological polar surface area (TPSA) is 92.7 Å². The molecule has 0 aliphatic heterocycles. The smallest absolute Gasteiger partial charge is 0.340 e. The molecule has 0 bridgehead atoms. The average molecular weight is 337 g/mol. The minimum atomic E-state index is -0.983. The van der Waals surface area contributed by atoms with Gasteiger partial charge >= 0.3 is 11.9 Å². The highest BCUT2D eigenvalue weighted by Gasteiger charge is 2.34. The Morgan fingerprint density at radius 2 is 1.96 bits per heavy atom. The molecule has 1 aliphatic rings. The minimum Gasteiger partial charge on any atom is -0.481 e. The standard InChI is InChI=1S/C16H19NO5S/c1-3-9-8-12(16(21)22-2)14(23-9)17-13(18)10-6-4-5-7-11(10)15(19)20/h4-5,8,10-11H,3,6-7H2,1-2H3,(H,17,18)(H,19,20)/t10-,11+/m1/s1. The Morgan fingerprint density at radius 3 is 2.52 bits per heavy atom. The molecule has 0 saturated heterocycles. The highest BCUT2D eigenvalue weighted by molar-refractivity contribution is 7.16. The number of rotatable bonds is 5. The molecule has 1 aromatic heterocycles. The third-order valence-electron chi connectivity index (χ3n) is 3.86. The number of aryl methyl sites for hydroxylation is 1. The summed E-state index contributed by atoms with van der Waals surface area (Å²) < 4.78 is 4.73. The second-order valence-corrected chi connectivity index (χ2v) is 6.42. The summed E-state index contributed by atoms with van der Waals surface area (Å²) in [6.45, 7) is 1.95. The predicted octanol–water partition coefficient (Wildman–Crippen LogP) is 2.70. The maximum atomic E-state index is 12.5. The first-order valence-electron chi connectivity index (χ1n) is 7.37. The number of allylic oxidation sites excluding steroid dienone is 2. The van der Waals surface area contributed by atoms with E-state index in [1.54, 1.807) is 12.1 Å². The molecule has 23 heavy (non-hydrogen) atoms. The third-order valence-corrected chi connectivity index (χ3v) is 5.05. The predicted molar refractivity (Wildman–Crippen MR) is 86.7 cm³/mol. The number of carbonyl (C=O) groups excluding carboxylic acids is 2. The van der Waals surface area contributed by atoms with Crippen LogP contribution in [0.25, 0.3) is 0 Å². The van der Waals surface area contributed by atoms with E-state index in [2.05, 4.69) is 5.32 Å². The quantitative estimate of drug-likeness (QED) is 0.636. The van der Waals surface area contributed by atoms with Gasteiger partial charge in [-0.2, -0.15) is 0 Å². The SMILES string of the molecule is CCc1cc(C(=O)OC)c(NC(=O)[C@@H]2CC=CC[C@@H]2C(=O)O)s1. The molecular formula is C16H19NO5S. The van der Waals surface area contributed by atoms with Crippen LogP contribution in [0.3, 0.4) is 0 Å². The van der Waals surface area contributed by atoms with Crippen molar-refractivity contribution in [3.05, 3.63) is 28.7 Å². The molecule has 2 N–H and O–H groups in total. The first kappa shape index (κ1) is 17.2. The summed E-state index contributed by atoms with van der Waals surface area (Å²) in [6.07, 6.45) is 5.04. The molecule has 0 aromatic carbocycles. The number of hydrogen-bond acceptors (Lipinski definition) is 5. The number of amides is 1. The van der Waals surface area contributed by atoms with E-state index >= 15 is 0 Å². The zero-order chi connectivity index (χ0) is 17.0. The molecule has 1 aromatic rings. The van der Waals surface area contributed by atoms with Crippen LogP contribution in [0.1, 0.15) is 35.0 Å². The maximum Gasteiger partial charge on any atom is 0.340 e. The van der Waals surface area contributed by atoms with Gasteiger partial charge in [0.2, 0.25) is 5.91 Å². The number of methoxy groups -OCH3 is 1. The van der Waals surface area contributed by atoms with E-state index in [1.165, 1.54) is 18.4 Å². The molecule has 0 saturated carbocycles. The molecular weight excluding hydrogens is 318 g/mol. The molecule has 124 valence electrons. The molecule has 7 heteroatoms. The Hall–Kier alpha value is -2.15. The van der Waals surface area contributed by atoms with Crippen molar-refractivity contribution < 1.29 is 24.2 Å². The number of anilines is 1. The lowest BCUT2D eigenvalue weighted by Gasteiger charge is -2.24. The van der Waals surface area contributed by atoms with Gasteiger partial charge in [-0.25, -0.2) is 4.79 Å². The zero-order valence-electron chi connectivity index (χ0n) is 13.0. The first-order chi connectivity index (χ1) is 11.0. The van der Waals surface area contributed by atoms with E-state index < -0.39 is 23.8 Å². The Bertz CT molecular complexity index is 649. The fourth-order valence-electron chi connectivity index (χ4n) is 2.55. The molecule has 1 heterocycles. The van der Waals surface area contributed by atoms with Crippen LogP contribution in [0.15, 0.2) is 18.2 Å². The van der Waals surface area contributed by atoms with Crippen LogP contribution in [0.2, 0.25) is 0 Å². The van der Waals surface area contributed by atoms with Crippen molar-refractivity contribution in [3.8, 4) is 0 Å². The van der Waals surface area contributed by atoms with Gasteiger partial charge in [0.1, 0.15) is 5.00 Å². The minimum absolute atomic E-state index is 0.306. The van der Waals surface area contributed by atoms with E-state index in [-0.39, 0.29) is 5.91 Å². The van der Waals surface area contributed by atoms with Crippen LogP contribution >= 0.6 is 11.3 Å². The number of aliphatic carboxylic acids is 1. The first-order valence-corrected chi connectivity index (χ1v) is 8.19. The van der Waals surface area contributed by atoms with Crippen LogP contribution in [0, 0.1) is 11.8 Å². The third kappa shape index (κ3) is 3.79. The van der Waals surface area contributed by atoms with Crippen molar-refractivity contribution in [2.75, 3.05) is 12.4 Å². The van der Waals surface area contributed by atoms with Crippen molar-refractivity contribution in [1.82, 2.24) is 0 Å². The molecule has 2 atom stereocenters. The summed E-state index contributed by atoms with van der Waals surface area (Å²) in [7, 11) is 1.28. The number of esters is 1. The molecule has 0 fully saturated rings. The van der Waals surface area contributed by atoms with E-state index in [1.807, 2.05) is 13.0 Å². The summed E-state index contributed by atoms with van der Waals surface area (Å²) in [6, 6.07) is 1.70. The lowest BCUT2D eigenvalue weighted by atomic mass is 9.82. The number of carboxylic acids is 1. The summed E-state index contributed by atoms with van der Waals surface area (Å²) in [5, 5.41) is 12.4. The molecule has 0 radical (unpaired) electrons. The summed E-state index contributed by atoms with van der Waals surface area (Å²) in [4.78, 5) is 36.6. The van der Waals surface area contributed by atoms with Crippen LogP contribution in [0.5, 0.6) is 0 Å². The van der Waals surface area contributed by atoms with E-state index in [9.17, 15) is 19.5 Å². The lowest BCUT2D eigenvalue weighted by molar-refractivity contribution is -0.146. The van der Waals surface area contributed by atoms with Crippen LogP contribution in [-0.2, 0) is 20.7 Å². The second-order valence-electron chi connectivity index (χ2n) is 5.28. The van der Waals surface area contributed by atoms with E-state index in [0.717, 1.165) is 11.3 Å². The van der Waals surface area contributed by atoms with Crippen molar-refractivity contribution in [2.45, 2.75) is 26.2 Å². The van der Waals surface area contributed by atoms with E-state index in [0.29, 0.717) is 23.4 Å². The average Bonchev–Trinajstić information content (AvgIpc) is 2.97. The lowest BCUT2D eigenvalue weighted by Crippen LogP contribution is -2.34. The number of ether oxygens (including phenoxy) is 1. The van der Waals surface area contributed by atoms with Gasteiger partial charge in [-0.05, 0) is 25.3 Å². The van der Waals surface area contributed by atoms with Gasteiger partial charge in [-0.1, -0.05) is 19.1 Å². The van der Waals surface area contributed by atoms with Gasteiger partial charge in [0.25, 0.3) is 0 Å². The molecule has 6 nitrogen and oxygen atoms in total. The normalized spacial score (nSPS) is 20.1. The Balaban J connectivity index is 2.22. The Morgan fingerprint density at radius 1 is 1.30 bits per heavy atom. The van der Waals surface area contributed by atoms with Crippen LogP contribution < -0.4 is 5.32 Å². The Kier molecular flexibility index (Phi) is 5.54. The van der Waals surface area contributed by atoms with Gasteiger partial charge < -0.3 is 15.2 Å². The van der Waals surface area contributed by atoms with Crippen molar-refractivity contribution in [3.63, 3.8) is 0 Å². The van der Waals surface area contributed by atoms with Crippen molar-refractivity contribution in [1.29, 1.82) is 0 Å². The molecule has 1 amide bonds. The molecule has 0 unspecified atom stereocenters. The van der Waals surface area contributed by atoms with Gasteiger partial charge in [-0.15, -0.1) is 11.3 Å². The van der Waals surface area contributed by atoms with E-state index in [4.69, 9.17) is 4.74 Å². The van der Waals surface area contributed by atoms with Crippen LogP contribution in [-0.4, -0.2) is 30.1 Å². The number of carboxylic acid groups (broad SMARTS) is 1. The highest BCUT2D eigenvalue weighted by Crippen LogP contribution is 2.32. The second kappa shape index (κ2) is 7.41. The molecule has 2 rings (SSSR count).